The van der Waals surface area contributed by atoms with Crippen molar-refractivity contribution in [3.63, 3.8) is 0 Å². The third-order valence-electron chi connectivity index (χ3n) is 5.34. The lowest BCUT2D eigenvalue weighted by molar-refractivity contribution is 0.0731. The fourth-order valence-electron chi connectivity index (χ4n) is 3.80. The number of fused-ring (bicyclic) bond motifs is 1. The molecule has 168 valence electrons. The zero-order valence-corrected chi connectivity index (χ0v) is 19.9. The second-order valence-electron chi connectivity index (χ2n) is 8.06. The van der Waals surface area contributed by atoms with Gasteiger partial charge in [-0.15, -0.1) is 0 Å². The van der Waals surface area contributed by atoms with Crippen LogP contribution < -0.4 is 4.74 Å². The summed E-state index contributed by atoms with van der Waals surface area (Å²) >= 11 is 6.39. The number of carbonyl (C=O) groups is 1. The minimum atomic E-state index is -3.59. The maximum Gasteiger partial charge on any atom is 0.344 e. The molecule has 1 heterocycles. The minimum Gasteiger partial charge on any atom is -0.423 e. The maximum absolute atomic E-state index is 12.8. The van der Waals surface area contributed by atoms with Crippen molar-refractivity contribution in [2.45, 2.75) is 24.7 Å². The number of aromatic nitrogens is 1. The molecule has 0 amide bonds. The van der Waals surface area contributed by atoms with E-state index < -0.39 is 15.8 Å². The van der Waals surface area contributed by atoms with Crippen LogP contribution in [0, 0.1) is 0 Å². The molecule has 0 radical (unpaired) electrons. The van der Waals surface area contributed by atoms with E-state index in [2.05, 4.69) is 18.8 Å². The van der Waals surface area contributed by atoms with E-state index in [9.17, 15) is 13.2 Å². The van der Waals surface area contributed by atoms with Gasteiger partial charge in [0.25, 0.3) is 0 Å². The van der Waals surface area contributed by atoms with Crippen molar-refractivity contribution in [2.24, 2.45) is 0 Å². The van der Waals surface area contributed by atoms with Gasteiger partial charge in [-0.2, -0.15) is 0 Å². The van der Waals surface area contributed by atoms with Gasteiger partial charge >= 0.3 is 5.97 Å². The number of hydrogen-bond donors (Lipinski definition) is 0. The van der Waals surface area contributed by atoms with Crippen LogP contribution in [0.1, 0.15) is 35.7 Å². The molecule has 0 aliphatic heterocycles. The summed E-state index contributed by atoms with van der Waals surface area (Å²) in [7, 11) is -3.59. The molecular weight excluding hydrogens is 458 g/mol. The highest BCUT2D eigenvalue weighted by Gasteiger charge is 2.21. The second kappa shape index (κ2) is 8.96. The summed E-state index contributed by atoms with van der Waals surface area (Å²) in [4.78, 5) is 17.3. The number of benzene rings is 3. The molecular formula is C26H22ClNO4S. The average molecular weight is 480 g/mol. The molecule has 4 rings (SSSR count). The Kier molecular flexibility index (Phi) is 6.23. The normalized spacial score (nSPS) is 11.7. The summed E-state index contributed by atoms with van der Waals surface area (Å²) in [6.07, 6.45) is 2.89. The summed E-state index contributed by atoms with van der Waals surface area (Å²) in [6.45, 7) is 4.17. The number of nitrogens with zero attached hydrogens (tertiary/aromatic N) is 1. The Balaban J connectivity index is 1.79. The van der Waals surface area contributed by atoms with Gasteiger partial charge in [0.15, 0.2) is 9.84 Å². The molecule has 5 nitrogen and oxygen atoms in total. The summed E-state index contributed by atoms with van der Waals surface area (Å²) in [5.41, 5.74) is 3.54. The van der Waals surface area contributed by atoms with Crippen molar-refractivity contribution in [2.75, 3.05) is 6.26 Å². The van der Waals surface area contributed by atoms with Crippen LogP contribution in [0.3, 0.4) is 0 Å². The number of carbonyl (C=O) groups excluding carboxylic acids is 1. The number of rotatable bonds is 5. The van der Waals surface area contributed by atoms with Crippen LogP contribution in [0.15, 0.2) is 77.8 Å². The van der Waals surface area contributed by atoms with Crippen molar-refractivity contribution in [3.05, 3.63) is 89.1 Å². The first kappa shape index (κ1) is 23.0. The number of pyridine rings is 1. The fourth-order valence-corrected chi connectivity index (χ4v) is 4.90. The van der Waals surface area contributed by atoms with Crippen LogP contribution in [0.5, 0.6) is 5.75 Å². The number of esters is 1. The first-order chi connectivity index (χ1) is 15.7. The van der Waals surface area contributed by atoms with Gasteiger partial charge in [0.05, 0.1) is 21.0 Å². The SMILES string of the molecule is CC(C)c1cnc2c(Cl)cccc2c1-c1cccc(OC(=O)c2ccccc2S(C)(=O)=O)c1. The largest absolute Gasteiger partial charge is 0.423 e. The molecule has 0 aliphatic rings. The third kappa shape index (κ3) is 4.63. The number of halogens is 1. The van der Waals surface area contributed by atoms with Gasteiger partial charge in [-0.1, -0.05) is 61.8 Å². The van der Waals surface area contributed by atoms with Gasteiger partial charge in [-0.3, -0.25) is 4.98 Å². The molecule has 7 heteroatoms. The Labute approximate surface area is 197 Å². The smallest absolute Gasteiger partial charge is 0.344 e. The maximum atomic E-state index is 12.8. The summed E-state index contributed by atoms with van der Waals surface area (Å²) < 4.78 is 29.7. The number of hydrogen-bond acceptors (Lipinski definition) is 5. The van der Waals surface area contributed by atoms with E-state index in [4.69, 9.17) is 16.3 Å². The molecule has 0 spiro atoms. The molecule has 1 aromatic heterocycles. The molecule has 0 saturated carbocycles. The van der Waals surface area contributed by atoms with Gasteiger partial charge in [0, 0.05) is 17.8 Å². The van der Waals surface area contributed by atoms with Gasteiger partial charge in [-0.05, 0) is 52.9 Å². The summed E-state index contributed by atoms with van der Waals surface area (Å²) in [6, 6.07) is 18.8. The lowest BCUT2D eigenvalue weighted by Gasteiger charge is -2.17. The third-order valence-corrected chi connectivity index (χ3v) is 6.80. The first-order valence-electron chi connectivity index (χ1n) is 10.4. The monoisotopic (exact) mass is 479 g/mol. The molecule has 0 atom stereocenters. The van der Waals surface area contributed by atoms with Crippen LogP contribution in [0.4, 0.5) is 0 Å². The van der Waals surface area contributed by atoms with Crippen molar-refractivity contribution in [3.8, 4) is 16.9 Å². The van der Waals surface area contributed by atoms with Gasteiger partial charge < -0.3 is 4.74 Å². The quantitative estimate of drug-likeness (QED) is 0.248. The second-order valence-corrected chi connectivity index (χ2v) is 10.5. The Bertz CT molecular complexity index is 1480. The van der Waals surface area contributed by atoms with E-state index in [0.29, 0.717) is 16.3 Å². The highest BCUT2D eigenvalue weighted by atomic mass is 35.5. The highest BCUT2D eigenvalue weighted by molar-refractivity contribution is 7.90. The van der Waals surface area contributed by atoms with Gasteiger partial charge in [0.2, 0.25) is 0 Å². The lowest BCUT2D eigenvalue weighted by Crippen LogP contribution is -2.13. The Morgan fingerprint density at radius 3 is 2.45 bits per heavy atom. The highest BCUT2D eigenvalue weighted by Crippen LogP contribution is 2.38. The van der Waals surface area contributed by atoms with E-state index >= 15 is 0 Å². The van der Waals surface area contributed by atoms with E-state index in [1.807, 2.05) is 24.4 Å². The lowest BCUT2D eigenvalue weighted by atomic mass is 9.91. The van der Waals surface area contributed by atoms with Crippen LogP contribution in [0.25, 0.3) is 22.0 Å². The molecule has 33 heavy (non-hydrogen) atoms. The molecule has 0 bridgehead atoms. The van der Waals surface area contributed by atoms with E-state index in [-0.39, 0.29) is 16.4 Å². The predicted octanol–water partition coefficient (Wildman–Crippen LogP) is 6.30. The van der Waals surface area contributed by atoms with Crippen LogP contribution in [0.2, 0.25) is 5.02 Å². The molecule has 0 saturated heterocycles. The van der Waals surface area contributed by atoms with Crippen LogP contribution in [-0.2, 0) is 9.84 Å². The standard InChI is InChI=1S/C26H22ClNO4S/c1-16(2)21-15-28-25-20(11-7-12-22(25)27)24(21)17-8-6-9-18(14-17)32-26(29)19-10-4-5-13-23(19)33(3,30)31/h4-16H,1-3H3. The zero-order chi connectivity index (χ0) is 23.8. The predicted molar refractivity (Wildman–Crippen MR) is 131 cm³/mol. The molecule has 4 aromatic rings. The molecule has 0 aliphatic carbocycles. The van der Waals surface area contributed by atoms with Crippen LogP contribution >= 0.6 is 11.6 Å². The summed E-state index contributed by atoms with van der Waals surface area (Å²) in [5.74, 6) is -0.230. The van der Waals surface area contributed by atoms with Crippen molar-refractivity contribution >= 4 is 38.3 Å². The molecule has 0 N–H and O–H groups in total. The van der Waals surface area contributed by atoms with Crippen molar-refractivity contribution < 1.29 is 17.9 Å². The molecule has 0 unspecified atom stereocenters. The average Bonchev–Trinajstić information content (AvgIpc) is 2.78. The van der Waals surface area contributed by atoms with Crippen LogP contribution in [-0.4, -0.2) is 25.6 Å². The van der Waals surface area contributed by atoms with Gasteiger partial charge in [0.1, 0.15) is 5.75 Å². The van der Waals surface area contributed by atoms with Crippen molar-refractivity contribution in [1.82, 2.24) is 4.98 Å². The van der Waals surface area contributed by atoms with Gasteiger partial charge in [-0.25, -0.2) is 13.2 Å². The molecule has 3 aromatic carbocycles. The number of para-hydroxylation sites is 1. The van der Waals surface area contributed by atoms with E-state index in [1.54, 1.807) is 36.4 Å². The number of ether oxygens (including phenoxy) is 1. The topological polar surface area (TPSA) is 73.3 Å². The molecule has 0 fully saturated rings. The van der Waals surface area contributed by atoms with E-state index in [0.717, 1.165) is 28.3 Å². The van der Waals surface area contributed by atoms with Crippen molar-refractivity contribution in [1.29, 1.82) is 0 Å². The fraction of sp³-hybridized carbons (Fsp3) is 0.154. The first-order valence-corrected chi connectivity index (χ1v) is 12.6. The summed E-state index contributed by atoms with van der Waals surface area (Å²) in [5, 5.41) is 1.46. The Hall–Kier alpha value is -3.22. The number of sulfone groups is 1. The Morgan fingerprint density at radius 1 is 1.00 bits per heavy atom. The Morgan fingerprint density at radius 2 is 1.73 bits per heavy atom. The zero-order valence-electron chi connectivity index (χ0n) is 18.4. The van der Waals surface area contributed by atoms with E-state index in [1.165, 1.54) is 12.1 Å². The minimum absolute atomic E-state index is 0.00517.